The second-order valence-electron chi connectivity index (χ2n) is 8.98. The van der Waals surface area contributed by atoms with E-state index in [2.05, 4.69) is 10.6 Å². The van der Waals surface area contributed by atoms with Crippen molar-refractivity contribution >= 4 is 17.8 Å². The van der Waals surface area contributed by atoms with Crippen LogP contribution >= 0.6 is 0 Å². The topological polar surface area (TPSA) is 97.0 Å². The fourth-order valence-electron chi connectivity index (χ4n) is 4.72. The van der Waals surface area contributed by atoms with Crippen molar-refractivity contribution in [2.24, 2.45) is 5.92 Å². The normalized spacial score (nSPS) is 21.9. The smallest absolute Gasteiger partial charge is 0.325 e. The number of imide groups is 1. The summed E-state index contributed by atoms with van der Waals surface area (Å²) in [7, 11) is 1.56. The molecule has 2 aromatic carbocycles. The molecule has 2 atom stereocenters. The van der Waals surface area contributed by atoms with E-state index in [1.165, 1.54) is 0 Å². The van der Waals surface area contributed by atoms with Crippen LogP contribution < -0.4 is 20.1 Å². The number of hydrogen-bond acceptors (Lipinski definition) is 5. The maximum Gasteiger partial charge on any atom is 0.325 e. The first kappa shape index (κ1) is 23.6. The molecule has 0 aromatic heterocycles. The van der Waals surface area contributed by atoms with Crippen molar-refractivity contribution in [1.29, 1.82) is 0 Å². The molecule has 0 radical (unpaired) electrons. The van der Waals surface area contributed by atoms with Crippen LogP contribution in [0.5, 0.6) is 11.5 Å². The number of methoxy groups -OCH3 is 1. The first-order chi connectivity index (χ1) is 16.4. The van der Waals surface area contributed by atoms with Gasteiger partial charge in [0, 0.05) is 6.54 Å². The van der Waals surface area contributed by atoms with Crippen molar-refractivity contribution in [3.05, 3.63) is 59.7 Å². The van der Waals surface area contributed by atoms with Gasteiger partial charge in [-0.3, -0.25) is 14.5 Å². The average molecular weight is 466 g/mol. The zero-order valence-corrected chi connectivity index (χ0v) is 19.6. The van der Waals surface area contributed by atoms with E-state index < -0.39 is 17.5 Å². The largest absolute Gasteiger partial charge is 0.493 e. The minimum atomic E-state index is -0.863. The number of urea groups is 1. The van der Waals surface area contributed by atoms with Crippen LogP contribution in [0.1, 0.15) is 43.7 Å². The molecule has 2 N–H and O–H groups in total. The van der Waals surface area contributed by atoms with Crippen LogP contribution in [-0.2, 0) is 22.7 Å². The van der Waals surface area contributed by atoms with Crippen molar-refractivity contribution in [2.45, 2.75) is 51.3 Å². The van der Waals surface area contributed by atoms with E-state index in [4.69, 9.17) is 9.47 Å². The molecule has 180 valence electrons. The van der Waals surface area contributed by atoms with Crippen LogP contribution in [0.3, 0.4) is 0 Å². The van der Waals surface area contributed by atoms with Crippen LogP contribution in [-0.4, -0.2) is 41.9 Å². The molecule has 8 heteroatoms. The van der Waals surface area contributed by atoms with Crippen molar-refractivity contribution in [3.8, 4) is 11.5 Å². The Hall–Kier alpha value is -3.55. The fourth-order valence-corrected chi connectivity index (χ4v) is 4.72. The summed E-state index contributed by atoms with van der Waals surface area (Å²) in [5, 5.41) is 5.66. The van der Waals surface area contributed by atoms with Gasteiger partial charge in [-0.15, -0.1) is 0 Å². The highest BCUT2D eigenvalue weighted by atomic mass is 16.5. The molecule has 2 fully saturated rings. The summed E-state index contributed by atoms with van der Waals surface area (Å²) in [6, 6.07) is 14.8. The summed E-state index contributed by atoms with van der Waals surface area (Å²) in [6.45, 7) is 2.34. The van der Waals surface area contributed by atoms with Crippen molar-refractivity contribution in [3.63, 3.8) is 0 Å². The molecule has 1 heterocycles. The second-order valence-corrected chi connectivity index (χ2v) is 8.98. The molecule has 1 saturated heterocycles. The molecule has 4 amide bonds. The summed E-state index contributed by atoms with van der Waals surface area (Å²) in [4.78, 5) is 39.1. The number of amides is 4. The number of nitrogens with zero attached hydrogens (tertiary/aromatic N) is 1. The van der Waals surface area contributed by atoms with Gasteiger partial charge in [-0.1, -0.05) is 56.2 Å². The minimum Gasteiger partial charge on any atom is -0.493 e. The van der Waals surface area contributed by atoms with Crippen LogP contribution in [0.15, 0.2) is 48.5 Å². The third-order valence-corrected chi connectivity index (χ3v) is 6.76. The summed E-state index contributed by atoms with van der Waals surface area (Å²) < 4.78 is 11.3. The van der Waals surface area contributed by atoms with Gasteiger partial charge in [-0.2, -0.15) is 0 Å². The van der Waals surface area contributed by atoms with Gasteiger partial charge >= 0.3 is 6.03 Å². The van der Waals surface area contributed by atoms with E-state index >= 15 is 0 Å². The van der Waals surface area contributed by atoms with Crippen LogP contribution in [0, 0.1) is 5.92 Å². The van der Waals surface area contributed by atoms with E-state index in [9.17, 15) is 14.4 Å². The van der Waals surface area contributed by atoms with Gasteiger partial charge in [0.1, 0.15) is 18.7 Å². The third kappa shape index (κ3) is 4.85. The van der Waals surface area contributed by atoms with Crippen molar-refractivity contribution < 1.29 is 23.9 Å². The van der Waals surface area contributed by atoms with Gasteiger partial charge in [0.2, 0.25) is 5.91 Å². The van der Waals surface area contributed by atoms with Gasteiger partial charge in [0.15, 0.2) is 11.5 Å². The molecule has 1 aliphatic heterocycles. The Morgan fingerprint density at radius 1 is 1.12 bits per heavy atom. The predicted molar refractivity (Wildman–Crippen MR) is 126 cm³/mol. The molecule has 1 spiro atoms. The molecule has 0 bridgehead atoms. The molecule has 2 aliphatic rings. The second kappa shape index (κ2) is 10.2. The van der Waals surface area contributed by atoms with E-state index in [1.807, 2.05) is 43.3 Å². The minimum absolute atomic E-state index is 0.0563. The highest BCUT2D eigenvalue weighted by molar-refractivity contribution is 6.09. The Morgan fingerprint density at radius 2 is 1.91 bits per heavy atom. The molecule has 1 saturated carbocycles. The average Bonchev–Trinajstić information content (AvgIpc) is 3.09. The van der Waals surface area contributed by atoms with E-state index in [1.54, 1.807) is 19.2 Å². The van der Waals surface area contributed by atoms with Crippen molar-refractivity contribution in [2.75, 3.05) is 13.7 Å². The number of carbonyl (C=O) groups is 3. The van der Waals surface area contributed by atoms with Gasteiger partial charge < -0.3 is 20.1 Å². The summed E-state index contributed by atoms with van der Waals surface area (Å²) in [6.07, 6.45) is 3.45. The summed E-state index contributed by atoms with van der Waals surface area (Å²) >= 11 is 0. The number of hydrogen-bond donors (Lipinski definition) is 2. The maximum absolute atomic E-state index is 13.0. The Balaban J connectivity index is 1.33. The Kier molecular flexibility index (Phi) is 7.05. The van der Waals surface area contributed by atoms with Gasteiger partial charge in [0.25, 0.3) is 5.91 Å². The lowest BCUT2D eigenvalue weighted by Crippen LogP contribution is -2.54. The van der Waals surface area contributed by atoms with Crippen LogP contribution in [0.2, 0.25) is 0 Å². The molecule has 1 aliphatic carbocycles. The lowest BCUT2D eigenvalue weighted by atomic mass is 9.73. The molecular weight excluding hydrogens is 434 g/mol. The van der Waals surface area contributed by atoms with Crippen LogP contribution in [0.4, 0.5) is 4.79 Å². The Morgan fingerprint density at radius 3 is 2.65 bits per heavy atom. The molecule has 8 nitrogen and oxygen atoms in total. The number of carbonyl (C=O) groups excluding carboxylic acids is 3. The highest BCUT2D eigenvalue weighted by Gasteiger charge is 2.55. The number of nitrogens with one attached hydrogen (secondary N) is 2. The molecule has 4 rings (SSSR count). The monoisotopic (exact) mass is 465 g/mol. The SMILES string of the molecule is COc1cc(CNC(=O)CN2C(=O)N[C@@]3(CCCC[C@H]3C)C2=O)ccc1OCc1ccccc1. The zero-order valence-electron chi connectivity index (χ0n) is 19.6. The van der Waals surface area contributed by atoms with Crippen LogP contribution in [0.25, 0.3) is 0 Å². The fraction of sp³-hybridized carbons (Fsp3) is 0.423. The van der Waals surface area contributed by atoms with E-state index in [0.717, 1.165) is 35.3 Å². The lowest BCUT2D eigenvalue weighted by molar-refractivity contribution is -0.137. The predicted octanol–water partition coefficient (Wildman–Crippen LogP) is 3.39. The van der Waals surface area contributed by atoms with E-state index in [0.29, 0.717) is 24.5 Å². The third-order valence-electron chi connectivity index (χ3n) is 6.76. The summed E-state index contributed by atoms with van der Waals surface area (Å²) in [5.41, 5.74) is 0.996. The molecule has 34 heavy (non-hydrogen) atoms. The van der Waals surface area contributed by atoms with E-state index in [-0.39, 0.29) is 24.9 Å². The lowest BCUT2D eigenvalue weighted by Gasteiger charge is -2.36. The number of benzene rings is 2. The van der Waals surface area contributed by atoms with Crippen molar-refractivity contribution in [1.82, 2.24) is 15.5 Å². The molecule has 0 unspecified atom stereocenters. The first-order valence-corrected chi connectivity index (χ1v) is 11.7. The van der Waals surface area contributed by atoms with Gasteiger partial charge in [0.05, 0.1) is 7.11 Å². The summed E-state index contributed by atoms with van der Waals surface area (Å²) in [5.74, 6) is 0.535. The number of rotatable bonds is 8. The van der Waals surface area contributed by atoms with Gasteiger partial charge in [-0.25, -0.2) is 4.79 Å². The number of ether oxygens (including phenoxy) is 2. The maximum atomic E-state index is 13.0. The standard InChI is InChI=1S/C26H31N3O5/c1-18-8-6-7-13-26(18)24(31)29(25(32)28-26)16-23(30)27-15-20-11-12-21(22(14-20)33-2)34-17-19-9-4-3-5-10-19/h3-5,9-12,14,18H,6-8,13,15-17H2,1-2H3,(H,27,30)(H,28,32)/t18-,26-/m1/s1. The van der Waals surface area contributed by atoms with Gasteiger partial charge in [-0.05, 0) is 42.0 Å². The first-order valence-electron chi connectivity index (χ1n) is 11.7. The zero-order chi connectivity index (χ0) is 24.1. The Labute approximate surface area is 199 Å². The molecule has 2 aromatic rings. The molecular formula is C26H31N3O5. The quantitative estimate of drug-likeness (QED) is 0.583. The Bertz CT molecular complexity index is 1060. The highest BCUT2D eigenvalue weighted by Crippen LogP contribution is 2.38.